The van der Waals surface area contributed by atoms with Gasteiger partial charge in [-0.3, -0.25) is 4.68 Å². The number of hydrogen-bond donors (Lipinski definition) is 0. The zero-order valence-corrected chi connectivity index (χ0v) is 13.9. The molecule has 0 saturated carbocycles. The summed E-state index contributed by atoms with van der Waals surface area (Å²) in [6.45, 7) is 3.79. The first-order valence-corrected chi connectivity index (χ1v) is 8.17. The Morgan fingerprint density at radius 2 is 2.29 bits per heavy atom. The summed E-state index contributed by atoms with van der Waals surface area (Å²) in [5, 5.41) is 8.15. The van der Waals surface area contributed by atoms with Crippen LogP contribution in [-0.2, 0) is 13.5 Å². The summed E-state index contributed by atoms with van der Waals surface area (Å²) in [5.74, 6) is 2.70. The van der Waals surface area contributed by atoms with E-state index in [0.717, 1.165) is 37.3 Å². The Balaban J connectivity index is 1.53. The van der Waals surface area contributed by atoms with E-state index in [-0.39, 0.29) is 0 Å². The molecule has 1 aliphatic rings. The lowest BCUT2D eigenvalue weighted by Crippen LogP contribution is -2.22. The fraction of sp³-hybridized carbons (Fsp3) is 0.412. The van der Waals surface area contributed by atoms with E-state index in [0.29, 0.717) is 17.6 Å². The van der Waals surface area contributed by atoms with E-state index in [9.17, 15) is 0 Å². The topological polar surface area (TPSA) is 72.9 Å². The third-order valence-electron chi connectivity index (χ3n) is 4.41. The molecule has 0 aliphatic carbocycles. The van der Waals surface area contributed by atoms with Crippen molar-refractivity contribution in [3.05, 3.63) is 42.1 Å². The fourth-order valence-corrected chi connectivity index (χ4v) is 3.32. The molecule has 3 aromatic rings. The van der Waals surface area contributed by atoms with Crippen molar-refractivity contribution in [2.75, 3.05) is 18.0 Å². The summed E-state index contributed by atoms with van der Waals surface area (Å²) in [6, 6.07) is 3.89. The molecular formula is C17H20N6O. The molecule has 1 atom stereocenters. The Bertz CT molecular complexity index is 839. The Hall–Kier alpha value is -2.70. The van der Waals surface area contributed by atoms with Crippen molar-refractivity contribution in [3.63, 3.8) is 0 Å². The zero-order chi connectivity index (χ0) is 16.5. The van der Waals surface area contributed by atoms with Crippen LogP contribution in [0.5, 0.6) is 0 Å². The highest BCUT2D eigenvalue weighted by atomic mass is 16.5. The van der Waals surface area contributed by atoms with E-state index in [4.69, 9.17) is 4.52 Å². The molecule has 7 heteroatoms. The number of pyridine rings is 1. The molecule has 3 aromatic heterocycles. The highest BCUT2D eigenvalue weighted by molar-refractivity contribution is 5.70. The lowest BCUT2D eigenvalue weighted by molar-refractivity contribution is 0.425. The van der Waals surface area contributed by atoms with Gasteiger partial charge in [0.25, 0.3) is 5.89 Å². The number of anilines is 1. The normalized spacial score (nSPS) is 17.6. The van der Waals surface area contributed by atoms with E-state index >= 15 is 0 Å². The van der Waals surface area contributed by atoms with Crippen LogP contribution in [0.3, 0.4) is 0 Å². The van der Waals surface area contributed by atoms with Crippen molar-refractivity contribution in [3.8, 4) is 11.5 Å². The van der Waals surface area contributed by atoms with Gasteiger partial charge < -0.3 is 9.42 Å². The minimum atomic E-state index is 0.534. The van der Waals surface area contributed by atoms with E-state index in [1.165, 1.54) is 5.56 Å². The SMILES string of the molecule is Cc1noc(-c2cccnc2N2CCC(Cc3cnn(C)c3)C2)n1. The van der Waals surface area contributed by atoms with E-state index in [1.807, 2.05) is 43.2 Å². The lowest BCUT2D eigenvalue weighted by atomic mass is 10.0. The third-order valence-corrected chi connectivity index (χ3v) is 4.41. The molecule has 4 rings (SSSR count). The van der Waals surface area contributed by atoms with Crippen molar-refractivity contribution in [2.24, 2.45) is 13.0 Å². The van der Waals surface area contributed by atoms with Crippen LogP contribution in [0.4, 0.5) is 5.82 Å². The highest BCUT2D eigenvalue weighted by Crippen LogP contribution is 2.32. The largest absolute Gasteiger partial charge is 0.356 e. The summed E-state index contributed by atoms with van der Waals surface area (Å²) >= 11 is 0. The second kappa shape index (κ2) is 6.07. The van der Waals surface area contributed by atoms with E-state index in [2.05, 4.69) is 31.3 Å². The van der Waals surface area contributed by atoms with Crippen LogP contribution in [0, 0.1) is 12.8 Å². The van der Waals surface area contributed by atoms with Crippen molar-refractivity contribution in [2.45, 2.75) is 19.8 Å². The van der Waals surface area contributed by atoms with Crippen molar-refractivity contribution in [1.29, 1.82) is 0 Å². The molecule has 1 aliphatic heterocycles. The van der Waals surface area contributed by atoms with Gasteiger partial charge >= 0.3 is 0 Å². The second-order valence-electron chi connectivity index (χ2n) is 6.35. The minimum absolute atomic E-state index is 0.534. The van der Waals surface area contributed by atoms with Gasteiger partial charge in [-0.15, -0.1) is 0 Å². The summed E-state index contributed by atoms with van der Waals surface area (Å²) in [6.07, 6.45) is 8.06. The smallest absolute Gasteiger partial charge is 0.261 e. The van der Waals surface area contributed by atoms with Gasteiger partial charge in [0.2, 0.25) is 0 Å². The number of aryl methyl sites for hydroxylation is 2. The Morgan fingerprint density at radius 1 is 1.38 bits per heavy atom. The van der Waals surface area contributed by atoms with E-state index < -0.39 is 0 Å². The van der Waals surface area contributed by atoms with Gasteiger partial charge in [-0.1, -0.05) is 5.16 Å². The molecule has 0 N–H and O–H groups in total. The van der Waals surface area contributed by atoms with Crippen molar-refractivity contribution >= 4 is 5.82 Å². The van der Waals surface area contributed by atoms with Gasteiger partial charge in [-0.25, -0.2) is 4.98 Å². The molecule has 0 spiro atoms. The number of aromatic nitrogens is 5. The molecule has 24 heavy (non-hydrogen) atoms. The quantitative estimate of drug-likeness (QED) is 0.733. The molecule has 1 unspecified atom stereocenters. The standard InChI is InChI=1S/C17H20N6O/c1-12-20-17(24-21-12)15-4-3-6-18-16(15)23-7-5-13(11-23)8-14-9-19-22(2)10-14/h3-4,6,9-10,13H,5,7-8,11H2,1-2H3. The maximum atomic E-state index is 5.34. The zero-order valence-electron chi connectivity index (χ0n) is 13.9. The molecule has 0 bridgehead atoms. The Labute approximate surface area is 140 Å². The van der Waals surface area contributed by atoms with E-state index in [1.54, 1.807) is 0 Å². The number of nitrogens with zero attached hydrogens (tertiary/aromatic N) is 6. The van der Waals surface area contributed by atoms with Crippen molar-refractivity contribution in [1.82, 2.24) is 24.9 Å². The van der Waals surface area contributed by atoms with Crippen LogP contribution in [0.15, 0.2) is 35.2 Å². The van der Waals surface area contributed by atoms with Crippen LogP contribution in [-0.4, -0.2) is 38.0 Å². The van der Waals surface area contributed by atoms with Crippen LogP contribution in [0.2, 0.25) is 0 Å². The van der Waals surface area contributed by atoms with Gasteiger partial charge in [0.1, 0.15) is 5.82 Å². The average molecular weight is 324 g/mol. The number of hydrogen-bond acceptors (Lipinski definition) is 6. The molecular weight excluding hydrogens is 304 g/mol. The molecule has 4 heterocycles. The van der Waals surface area contributed by atoms with Crippen LogP contribution >= 0.6 is 0 Å². The van der Waals surface area contributed by atoms with Gasteiger partial charge in [0, 0.05) is 32.5 Å². The number of rotatable bonds is 4. The first-order valence-electron chi connectivity index (χ1n) is 8.17. The van der Waals surface area contributed by atoms with Crippen LogP contribution in [0.25, 0.3) is 11.5 Å². The predicted molar refractivity (Wildman–Crippen MR) is 89.5 cm³/mol. The molecule has 1 fully saturated rings. The van der Waals surface area contributed by atoms with Gasteiger partial charge in [0.15, 0.2) is 5.82 Å². The second-order valence-corrected chi connectivity index (χ2v) is 6.35. The maximum Gasteiger partial charge on any atom is 0.261 e. The van der Waals surface area contributed by atoms with Crippen LogP contribution in [0.1, 0.15) is 17.8 Å². The minimum Gasteiger partial charge on any atom is -0.356 e. The molecule has 7 nitrogen and oxygen atoms in total. The first-order chi connectivity index (χ1) is 11.7. The maximum absolute atomic E-state index is 5.34. The average Bonchev–Trinajstić information content (AvgIpc) is 3.30. The summed E-state index contributed by atoms with van der Waals surface area (Å²) in [7, 11) is 1.96. The monoisotopic (exact) mass is 324 g/mol. The molecule has 0 aromatic carbocycles. The summed E-state index contributed by atoms with van der Waals surface area (Å²) < 4.78 is 7.19. The lowest BCUT2D eigenvalue weighted by Gasteiger charge is -2.19. The first kappa shape index (κ1) is 14.9. The van der Waals surface area contributed by atoms with Gasteiger partial charge in [-0.2, -0.15) is 10.1 Å². The summed E-state index contributed by atoms with van der Waals surface area (Å²) in [4.78, 5) is 11.2. The van der Waals surface area contributed by atoms with Gasteiger partial charge in [-0.05, 0) is 43.4 Å². The Morgan fingerprint density at radius 3 is 3.04 bits per heavy atom. The predicted octanol–water partition coefficient (Wildman–Crippen LogP) is 2.24. The van der Waals surface area contributed by atoms with Crippen LogP contribution < -0.4 is 4.90 Å². The highest BCUT2D eigenvalue weighted by Gasteiger charge is 2.27. The molecule has 0 amide bonds. The third kappa shape index (κ3) is 2.89. The fourth-order valence-electron chi connectivity index (χ4n) is 3.32. The van der Waals surface area contributed by atoms with Gasteiger partial charge in [0.05, 0.1) is 11.8 Å². The molecule has 1 saturated heterocycles. The Kier molecular flexibility index (Phi) is 3.76. The van der Waals surface area contributed by atoms with Crippen molar-refractivity contribution < 1.29 is 4.52 Å². The molecule has 124 valence electrons. The molecule has 0 radical (unpaired) electrons. The summed E-state index contributed by atoms with van der Waals surface area (Å²) in [5.41, 5.74) is 2.19.